The number of aryl methyl sites for hydroxylation is 1. The van der Waals surface area contributed by atoms with Crippen LogP contribution in [0.25, 0.3) is 11.3 Å². The van der Waals surface area contributed by atoms with Crippen molar-refractivity contribution in [1.29, 1.82) is 0 Å². The fourth-order valence-electron chi connectivity index (χ4n) is 2.31. The van der Waals surface area contributed by atoms with Gasteiger partial charge in [0.25, 0.3) is 0 Å². The maximum atomic E-state index is 5.98. The van der Waals surface area contributed by atoms with Gasteiger partial charge in [-0.05, 0) is 19.4 Å². The Labute approximate surface area is 111 Å². The molecule has 1 unspecified atom stereocenters. The fraction of sp³-hybridized carbons (Fsp3) is 0.286. The van der Waals surface area contributed by atoms with Crippen LogP contribution in [-0.4, -0.2) is 22.2 Å². The van der Waals surface area contributed by atoms with Gasteiger partial charge >= 0.3 is 0 Å². The van der Waals surface area contributed by atoms with Crippen LogP contribution < -0.4 is 16.2 Å². The smallest absolute Gasteiger partial charge is 0.163 e. The molecule has 0 amide bonds. The van der Waals surface area contributed by atoms with E-state index in [1.165, 1.54) is 0 Å². The highest BCUT2D eigenvalue weighted by Crippen LogP contribution is 2.33. The van der Waals surface area contributed by atoms with Gasteiger partial charge in [-0.3, -0.25) is 10.7 Å². The Kier molecular flexibility index (Phi) is 2.93. The van der Waals surface area contributed by atoms with E-state index in [0.717, 1.165) is 28.3 Å². The van der Waals surface area contributed by atoms with Crippen LogP contribution in [0.4, 0.5) is 0 Å². The van der Waals surface area contributed by atoms with Gasteiger partial charge < -0.3 is 10.5 Å². The van der Waals surface area contributed by atoms with Gasteiger partial charge in [0, 0.05) is 17.3 Å². The predicted molar refractivity (Wildman–Crippen MR) is 72.5 cm³/mol. The van der Waals surface area contributed by atoms with Crippen molar-refractivity contribution >= 4 is 0 Å². The van der Waals surface area contributed by atoms with Crippen LogP contribution in [0.15, 0.2) is 30.6 Å². The lowest BCUT2D eigenvalue weighted by molar-refractivity contribution is 0.158. The molecule has 0 spiro atoms. The molecular weight excluding hydrogens is 240 g/mol. The zero-order chi connectivity index (χ0) is 13.4. The third kappa shape index (κ3) is 2.18. The summed E-state index contributed by atoms with van der Waals surface area (Å²) in [4.78, 5) is 8.69. The van der Waals surface area contributed by atoms with E-state index in [-0.39, 0.29) is 6.04 Å². The normalized spacial score (nSPS) is 21.6. The van der Waals surface area contributed by atoms with E-state index in [9.17, 15) is 0 Å². The minimum absolute atomic E-state index is 0.202. The van der Waals surface area contributed by atoms with Gasteiger partial charge in [-0.25, -0.2) is 4.98 Å². The number of aromatic nitrogens is 2. The third-order valence-corrected chi connectivity index (χ3v) is 3.29. The number of nitrogens with zero attached hydrogens (tertiary/aromatic N) is 2. The van der Waals surface area contributed by atoms with Gasteiger partial charge in [-0.1, -0.05) is 12.1 Å². The van der Waals surface area contributed by atoms with E-state index in [1.54, 1.807) is 12.4 Å². The van der Waals surface area contributed by atoms with Crippen molar-refractivity contribution in [3.8, 4) is 17.0 Å². The molecule has 0 saturated heterocycles. The molecule has 1 aliphatic heterocycles. The van der Waals surface area contributed by atoms with E-state index in [1.807, 2.05) is 25.1 Å². The Morgan fingerprint density at radius 2 is 2.11 bits per heavy atom. The second-order valence-corrected chi connectivity index (χ2v) is 4.78. The average Bonchev–Trinajstić information content (AvgIpc) is 2.39. The molecule has 1 aromatic heterocycles. The second kappa shape index (κ2) is 4.60. The molecule has 2 atom stereocenters. The maximum absolute atomic E-state index is 5.98. The lowest BCUT2D eigenvalue weighted by atomic mass is 9.95. The van der Waals surface area contributed by atoms with Crippen LogP contribution in [0.2, 0.25) is 0 Å². The Morgan fingerprint density at radius 3 is 2.89 bits per heavy atom. The molecule has 4 N–H and O–H groups in total. The van der Waals surface area contributed by atoms with Crippen molar-refractivity contribution in [1.82, 2.24) is 9.97 Å². The van der Waals surface area contributed by atoms with Crippen molar-refractivity contribution in [2.75, 3.05) is 0 Å². The number of hydrogen-bond donors (Lipinski definition) is 2. The first-order chi connectivity index (χ1) is 9.15. The second-order valence-electron chi connectivity index (χ2n) is 4.78. The summed E-state index contributed by atoms with van der Waals surface area (Å²) in [6.45, 7) is 1.92. The molecule has 5 heteroatoms. The third-order valence-electron chi connectivity index (χ3n) is 3.29. The van der Waals surface area contributed by atoms with Crippen LogP contribution in [0.1, 0.15) is 11.3 Å². The van der Waals surface area contributed by atoms with Gasteiger partial charge in [-0.15, -0.1) is 0 Å². The topological polar surface area (TPSA) is 87.0 Å². The predicted octanol–water partition coefficient (Wildman–Crippen LogP) is 0.999. The summed E-state index contributed by atoms with van der Waals surface area (Å²) in [5, 5.41) is 0. The van der Waals surface area contributed by atoms with E-state index in [0.29, 0.717) is 6.42 Å². The van der Waals surface area contributed by atoms with E-state index in [4.69, 9.17) is 16.2 Å². The molecular formula is C14H16N4O. The van der Waals surface area contributed by atoms with Gasteiger partial charge in [0.1, 0.15) is 5.75 Å². The summed E-state index contributed by atoms with van der Waals surface area (Å²) in [5.41, 5.74) is 15.6. The molecule has 0 aliphatic carbocycles. The molecule has 1 aliphatic rings. The molecule has 5 nitrogen and oxygen atoms in total. The van der Waals surface area contributed by atoms with Crippen molar-refractivity contribution in [3.63, 3.8) is 0 Å². The van der Waals surface area contributed by atoms with Crippen LogP contribution in [0.5, 0.6) is 5.75 Å². The first kappa shape index (κ1) is 12.1. The molecule has 2 heterocycles. The lowest BCUT2D eigenvalue weighted by Crippen LogP contribution is -2.49. The summed E-state index contributed by atoms with van der Waals surface area (Å²) in [5.74, 6) is 0.787. The number of ether oxygens (including phenoxy) is 1. The summed E-state index contributed by atoms with van der Waals surface area (Å²) < 4.78 is 5.64. The Morgan fingerprint density at radius 1 is 1.26 bits per heavy atom. The summed E-state index contributed by atoms with van der Waals surface area (Å²) in [6, 6.07) is 5.65. The first-order valence-corrected chi connectivity index (χ1v) is 6.24. The minimum Gasteiger partial charge on any atom is -0.474 e. The van der Waals surface area contributed by atoms with Crippen LogP contribution >= 0.6 is 0 Å². The Bertz CT molecular complexity index is 614. The molecule has 0 bridgehead atoms. The molecule has 0 fully saturated rings. The van der Waals surface area contributed by atoms with Gasteiger partial charge in [0.15, 0.2) is 6.23 Å². The molecule has 19 heavy (non-hydrogen) atoms. The molecule has 3 rings (SSSR count). The monoisotopic (exact) mass is 256 g/mol. The number of nitrogens with two attached hydrogens (primary N) is 2. The average molecular weight is 256 g/mol. The SMILES string of the molecule is Cc1cncc(-c2cccc3c2C[C@H](N)C(N)O3)n1. The first-order valence-electron chi connectivity index (χ1n) is 6.24. The lowest BCUT2D eigenvalue weighted by Gasteiger charge is -2.29. The zero-order valence-corrected chi connectivity index (χ0v) is 10.7. The number of hydrogen-bond acceptors (Lipinski definition) is 5. The van der Waals surface area contributed by atoms with Crippen molar-refractivity contribution < 1.29 is 4.74 Å². The van der Waals surface area contributed by atoms with Crippen molar-refractivity contribution in [2.24, 2.45) is 11.5 Å². The van der Waals surface area contributed by atoms with Crippen molar-refractivity contribution in [3.05, 3.63) is 41.9 Å². The minimum atomic E-state index is -0.452. The van der Waals surface area contributed by atoms with Crippen LogP contribution in [-0.2, 0) is 6.42 Å². The van der Waals surface area contributed by atoms with E-state index in [2.05, 4.69) is 9.97 Å². The highest BCUT2D eigenvalue weighted by Gasteiger charge is 2.26. The number of rotatable bonds is 1. The summed E-state index contributed by atoms with van der Waals surface area (Å²) in [7, 11) is 0. The largest absolute Gasteiger partial charge is 0.474 e. The molecule has 1 aromatic carbocycles. The van der Waals surface area contributed by atoms with Crippen LogP contribution in [0.3, 0.4) is 0 Å². The number of benzene rings is 1. The fourth-order valence-corrected chi connectivity index (χ4v) is 2.31. The maximum Gasteiger partial charge on any atom is 0.163 e. The van der Waals surface area contributed by atoms with Crippen LogP contribution in [0, 0.1) is 6.92 Å². The van der Waals surface area contributed by atoms with Gasteiger partial charge in [-0.2, -0.15) is 0 Å². The summed E-state index contributed by atoms with van der Waals surface area (Å²) >= 11 is 0. The highest BCUT2D eigenvalue weighted by atomic mass is 16.5. The van der Waals surface area contributed by atoms with Crippen molar-refractivity contribution in [2.45, 2.75) is 25.6 Å². The Hall–Kier alpha value is -1.98. The number of fused-ring (bicyclic) bond motifs is 1. The molecule has 0 radical (unpaired) electrons. The quantitative estimate of drug-likeness (QED) is 0.794. The van der Waals surface area contributed by atoms with E-state index < -0.39 is 6.23 Å². The zero-order valence-electron chi connectivity index (χ0n) is 10.7. The molecule has 0 saturated carbocycles. The van der Waals surface area contributed by atoms with E-state index >= 15 is 0 Å². The summed E-state index contributed by atoms with van der Waals surface area (Å²) in [6.07, 6.45) is 3.72. The standard InChI is InChI=1S/C14H16N4O/c1-8-6-17-7-12(18-8)9-3-2-4-13-10(9)5-11(15)14(16)19-13/h2-4,6-7,11,14H,5,15-16H2,1H3/t11-,14?/m0/s1. The van der Waals surface area contributed by atoms with Gasteiger partial charge in [0.2, 0.25) is 0 Å². The molecule has 98 valence electrons. The highest BCUT2D eigenvalue weighted by molar-refractivity contribution is 5.67. The Balaban J connectivity index is 2.11. The van der Waals surface area contributed by atoms with Gasteiger partial charge in [0.05, 0.1) is 23.6 Å². The molecule has 2 aromatic rings.